The molecule has 0 saturated heterocycles. The summed E-state index contributed by atoms with van der Waals surface area (Å²) >= 11 is 0. The summed E-state index contributed by atoms with van der Waals surface area (Å²) in [4.78, 5) is 0. The molecule has 27 heavy (non-hydrogen) atoms. The molecule has 5 heteroatoms. The predicted molar refractivity (Wildman–Crippen MR) is 99.3 cm³/mol. The molecule has 0 radical (unpaired) electrons. The summed E-state index contributed by atoms with van der Waals surface area (Å²) in [5.41, 5.74) is 2.65. The topological polar surface area (TPSA) is 90.2 Å². The monoisotopic (exact) mass is 362 g/mol. The second-order valence-electron chi connectivity index (χ2n) is 7.31. The molecule has 2 aliphatic rings. The van der Waals surface area contributed by atoms with Crippen molar-refractivity contribution in [1.82, 2.24) is 0 Å². The molecular formula is C22H18O5. The maximum absolute atomic E-state index is 11.2. The van der Waals surface area contributed by atoms with Crippen LogP contribution in [0.4, 0.5) is 0 Å². The van der Waals surface area contributed by atoms with Crippen molar-refractivity contribution in [2.45, 2.75) is 17.9 Å². The predicted octanol–water partition coefficient (Wildman–Crippen LogP) is 3.28. The van der Waals surface area contributed by atoms with E-state index in [1.807, 2.05) is 36.4 Å². The Labute approximate surface area is 155 Å². The van der Waals surface area contributed by atoms with Gasteiger partial charge in [-0.3, -0.25) is 0 Å². The van der Waals surface area contributed by atoms with E-state index < -0.39 is 11.5 Å². The number of phenolic OH excluding ortho intramolecular Hbond substituents is 3. The molecule has 5 rings (SSSR count). The second-order valence-corrected chi connectivity index (χ2v) is 7.31. The molecule has 2 atom stereocenters. The smallest absolute Gasteiger partial charge is 0.157 e. The molecule has 1 aliphatic carbocycles. The van der Waals surface area contributed by atoms with E-state index in [1.165, 1.54) is 12.1 Å². The molecule has 3 aromatic rings. The average molecular weight is 362 g/mol. The molecule has 5 nitrogen and oxygen atoms in total. The van der Waals surface area contributed by atoms with Crippen molar-refractivity contribution in [3.05, 3.63) is 71.3 Å². The van der Waals surface area contributed by atoms with Gasteiger partial charge in [-0.2, -0.15) is 0 Å². The van der Waals surface area contributed by atoms with Gasteiger partial charge in [0, 0.05) is 29.5 Å². The molecule has 0 unspecified atom stereocenters. The maximum atomic E-state index is 11.2. The lowest BCUT2D eigenvalue weighted by atomic mass is 9.79. The molecule has 0 spiro atoms. The first kappa shape index (κ1) is 16.0. The van der Waals surface area contributed by atoms with Gasteiger partial charge in [0.05, 0.1) is 0 Å². The number of aliphatic hydroxyl groups is 1. The molecule has 1 heterocycles. The van der Waals surface area contributed by atoms with E-state index >= 15 is 0 Å². The lowest BCUT2D eigenvalue weighted by Crippen LogP contribution is -2.43. The van der Waals surface area contributed by atoms with Gasteiger partial charge in [0.15, 0.2) is 11.5 Å². The molecule has 3 aromatic carbocycles. The van der Waals surface area contributed by atoms with Gasteiger partial charge in [0.2, 0.25) is 0 Å². The number of ether oxygens (including phenoxy) is 1. The van der Waals surface area contributed by atoms with Crippen LogP contribution in [0.3, 0.4) is 0 Å². The number of aromatic hydroxyl groups is 3. The Hall–Kier alpha value is -3.18. The van der Waals surface area contributed by atoms with Crippen LogP contribution in [-0.4, -0.2) is 32.6 Å². The first-order valence-corrected chi connectivity index (χ1v) is 8.78. The van der Waals surface area contributed by atoms with Gasteiger partial charge in [0.1, 0.15) is 23.7 Å². The van der Waals surface area contributed by atoms with Crippen LogP contribution in [0.15, 0.2) is 54.6 Å². The Morgan fingerprint density at radius 3 is 2.37 bits per heavy atom. The largest absolute Gasteiger partial charge is 0.507 e. The van der Waals surface area contributed by atoms with Gasteiger partial charge in [-0.1, -0.05) is 30.3 Å². The van der Waals surface area contributed by atoms with E-state index in [1.54, 1.807) is 6.07 Å². The van der Waals surface area contributed by atoms with Crippen molar-refractivity contribution < 1.29 is 25.2 Å². The standard InChI is InChI=1S/C22H18O5/c23-17-9-20-16(7-14(17)12-4-2-1-3-5-12)21-15-8-19(25)18(24)6-13(15)10-22(21,26)11-27-20/h1-9,21,23-26H,10-11H2/t21-,22-/m1/s1. The zero-order valence-electron chi connectivity index (χ0n) is 14.4. The molecule has 0 bridgehead atoms. The fourth-order valence-electron chi connectivity index (χ4n) is 4.36. The molecule has 0 aromatic heterocycles. The van der Waals surface area contributed by atoms with Crippen LogP contribution in [0.2, 0.25) is 0 Å². The summed E-state index contributed by atoms with van der Waals surface area (Å²) in [5.74, 6) is -0.203. The van der Waals surface area contributed by atoms with Crippen LogP contribution in [0.5, 0.6) is 23.0 Å². The Balaban J connectivity index is 1.73. The molecule has 0 fully saturated rings. The van der Waals surface area contributed by atoms with E-state index in [2.05, 4.69) is 0 Å². The first-order valence-electron chi connectivity index (χ1n) is 8.78. The Bertz CT molecular complexity index is 1060. The first-order chi connectivity index (χ1) is 13.0. The lowest BCUT2D eigenvalue weighted by Gasteiger charge is -2.37. The average Bonchev–Trinajstić information content (AvgIpc) is 2.94. The normalized spacial score (nSPS) is 22.5. The summed E-state index contributed by atoms with van der Waals surface area (Å²) in [6.07, 6.45) is 0.321. The van der Waals surface area contributed by atoms with Crippen LogP contribution >= 0.6 is 0 Å². The van der Waals surface area contributed by atoms with Crippen LogP contribution in [0, 0.1) is 0 Å². The third kappa shape index (κ3) is 2.28. The Morgan fingerprint density at radius 1 is 0.852 bits per heavy atom. The van der Waals surface area contributed by atoms with E-state index in [-0.39, 0.29) is 23.9 Å². The highest BCUT2D eigenvalue weighted by Crippen LogP contribution is 2.54. The number of rotatable bonds is 1. The Morgan fingerprint density at radius 2 is 1.59 bits per heavy atom. The van der Waals surface area contributed by atoms with Gasteiger partial charge in [-0.25, -0.2) is 0 Å². The summed E-state index contributed by atoms with van der Waals surface area (Å²) in [5, 5.41) is 41.5. The minimum absolute atomic E-state index is 0.0744. The minimum atomic E-state index is -1.17. The van der Waals surface area contributed by atoms with Crippen LogP contribution in [0.1, 0.15) is 22.6 Å². The third-order valence-corrected chi connectivity index (χ3v) is 5.58. The zero-order chi connectivity index (χ0) is 18.8. The highest BCUT2D eigenvalue weighted by atomic mass is 16.5. The van der Waals surface area contributed by atoms with Crippen molar-refractivity contribution in [3.63, 3.8) is 0 Å². The molecular weight excluding hydrogens is 344 g/mol. The molecule has 4 N–H and O–H groups in total. The fourth-order valence-corrected chi connectivity index (χ4v) is 4.36. The second kappa shape index (κ2) is 5.41. The van der Waals surface area contributed by atoms with Gasteiger partial charge in [-0.05, 0) is 34.9 Å². The molecule has 1 aliphatic heterocycles. The summed E-state index contributed by atoms with van der Waals surface area (Å²) < 4.78 is 5.77. The SMILES string of the molecule is Oc1cc2c(cc1O)[C@@H]1c3cc(-c4ccccc4)c(O)cc3OC[C@]1(O)C2. The number of hydrogen-bond donors (Lipinski definition) is 4. The van der Waals surface area contributed by atoms with Gasteiger partial charge in [-0.15, -0.1) is 0 Å². The van der Waals surface area contributed by atoms with E-state index in [0.29, 0.717) is 17.7 Å². The van der Waals surface area contributed by atoms with Crippen LogP contribution < -0.4 is 4.74 Å². The summed E-state index contributed by atoms with van der Waals surface area (Å²) in [6, 6.07) is 15.9. The molecule has 0 amide bonds. The van der Waals surface area contributed by atoms with E-state index in [0.717, 1.165) is 22.3 Å². The van der Waals surface area contributed by atoms with Crippen LogP contribution in [0.25, 0.3) is 11.1 Å². The Kier molecular flexibility index (Phi) is 3.21. The molecule has 136 valence electrons. The third-order valence-electron chi connectivity index (χ3n) is 5.58. The number of benzene rings is 3. The maximum Gasteiger partial charge on any atom is 0.157 e. The van der Waals surface area contributed by atoms with E-state index in [9.17, 15) is 20.4 Å². The van der Waals surface area contributed by atoms with Crippen molar-refractivity contribution >= 4 is 0 Å². The minimum Gasteiger partial charge on any atom is -0.507 e. The van der Waals surface area contributed by atoms with Crippen molar-refractivity contribution in [3.8, 4) is 34.1 Å². The van der Waals surface area contributed by atoms with Crippen molar-refractivity contribution in [2.24, 2.45) is 0 Å². The summed E-state index contributed by atoms with van der Waals surface area (Å²) in [7, 11) is 0. The van der Waals surface area contributed by atoms with Crippen LogP contribution in [-0.2, 0) is 6.42 Å². The number of hydrogen-bond acceptors (Lipinski definition) is 5. The highest BCUT2D eigenvalue weighted by Gasteiger charge is 2.50. The lowest BCUT2D eigenvalue weighted by molar-refractivity contribution is -0.0218. The van der Waals surface area contributed by atoms with Gasteiger partial charge >= 0.3 is 0 Å². The van der Waals surface area contributed by atoms with Crippen molar-refractivity contribution in [1.29, 1.82) is 0 Å². The van der Waals surface area contributed by atoms with Crippen molar-refractivity contribution in [2.75, 3.05) is 6.61 Å². The van der Waals surface area contributed by atoms with Gasteiger partial charge < -0.3 is 25.2 Å². The zero-order valence-corrected chi connectivity index (χ0v) is 14.4. The van der Waals surface area contributed by atoms with E-state index in [4.69, 9.17) is 4.74 Å². The fraction of sp³-hybridized carbons (Fsp3) is 0.182. The summed E-state index contributed by atoms with van der Waals surface area (Å²) in [6.45, 7) is 0.0744. The number of fused-ring (bicyclic) bond motifs is 5. The van der Waals surface area contributed by atoms with Gasteiger partial charge in [0.25, 0.3) is 0 Å². The quantitative estimate of drug-likeness (QED) is 0.499. The number of phenols is 3. The molecule has 0 saturated carbocycles. The highest BCUT2D eigenvalue weighted by molar-refractivity contribution is 5.74.